The minimum absolute atomic E-state index is 0.0250. The van der Waals surface area contributed by atoms with Crippen LogP contribution in [0.5, 0.6) is 0 Å². The van der Waals surface area contributed by atoms with Crippen LogP contribution in [-0.2, 0) is 20.9 Å². The molecule has 1 amide bonds. The molecule has 1 N–H and O–H groups in total. The van der Waals surface area contributed by atoms with Gasteiger partial charge in [-0.05, 0) is 30.5 Å². The fraction of sp³-hybridized carbons (Fsp3) is 0.444. The second kappa shape index (κ2) is 9.75. The van der Waals surface area contributed by atoms with Crippen LogP contribution >= 0.6 is 23.4 Å². The maximum Gasteiger partial charge on any atom is 0.325 e. The van der Waals surface area contributed by atoms with E-state index in [9.17, 15) is 14.4 Å². The molecule has 0 radical (unpaired) electrons. The fourth-order valence-corrected chi connectivity index (χ4v) is 3.31. The summed E-state index contributed by atoms with van der Waals surface area (Å²) in [7, 11) is 1.25. The lowest BCUT2D eigenvalue weighted by atomic mass is 10.1. The van der Waals surface area contributed by atoms with E-state index in [4.69, 9.17) is 11.6 Å². The largest absolute Gasteiger partial charge is 0.468 e. The number of rotatable bonds is 8. The Hall–Kier alpha value is -2.06. The topological polar surface area (TPSA) is 90.3 Å². The Morgan fingerprint density at radius 1 is 1.37 bits per heavy atom. The summed E-state index contributed by atoms with van der Waals surface area (Å²) < 4.78 is 6.07. The zero-order valence-electron chi connectivity index (χ0n) is 15.5. The standard InChI is InChI=1S/C18H22ClN3O4S/c1-11(2)6-7-22-17(25)13-5-4-12(19)8-14(13)21-18(22)27-10-15(23)20-9-16(24)26-3/h4-5,8,11H,6-7,9-10H2,1-3H3,(H,20,23). The van der Waals surface area contributed by atoms with Gasteiger partial charge in [0, 0.05) is 11.6 Å². The zero-order chi connectivity index (χ0) is 20.0. The molecule has 0 fully saturated rings. The maximum atomic E-state index is 12.9. The van der Waals surface area contributed by atoms with Gasteiger partial charge in [0.25, 0.3) is 5.56 Å². The predicted octanol–water partition coefficient (Wildman–Crippen LogP) is 2.48. The van der Waals surface area contributed by atoms with Crippen molar-refractivity contribution < 1.29 is 14.3 Å². The Balaban J connectivity index is 2.26. The molecule has 0 aliphatic carbocycles. The van der Waals surface area contributed by atoms with Crippen molar-refractivity contribution in [3.63, 3.8) is 0 Å². The number of carbonyl (C=O) groups is 2. The van der Waals surface area contributed by atoms with Gasteiger partial charge in [-0.1, -0.05) is 37.2 Å². The summed E-state index contributed by atoms with van der Waals surface area (Å²) in [5.74, 6) is -0.432. The molecule has 2 rings (SSSR count). The normalized spacial score (nSPS) is 11.0. The van der Waals surface area contributed by atoms with E-state index in [0.717, 1.165) is 18.2 Å². The number of methoxy groups -OCH3 is 1. The molecule has 27 heavy (non-hydrogen) atoms. The van der Waals surface area contributed by atoms with Crippen LogP contribution in [0.3, 0.4) is 0 Å². The van der Waals surface area contributed by atoms with E-state index in [2.05, 4.69) is 28.9 Å². The molecule has 0 spiro atoms. The van der Waals surface area contributed by atoms with E-state index in [-0.39, 0.29) is 23.8 Å². The van der Waals surface area contributed by atoms with Gasteiger partial charge in [0.15, 0.2) is 5.16 Å². The molecule has 1 heterocycles. The number of benzene rings is 1. The molecule has 0 atom stereocenters. The van der Waals surface area contributed by atoms with Gasteiger partial charge in [-0.2, -0.15) is 0 Å². The van der Waals surface area contributed by atoms with Crippen molar-refractivity contribution in [1.82, 2.24) is 14.9 Å². The van der Waals surface area contributed by atoms with Crippen LogP contribution in [0.15, 0.2) is 28.2 Å². The van der Waals surface area contributed by atoms with Crippen LogP contribution in [0, 0.1) is 5.92 Å². The molecule has 0 aliphatic heterocycles. The molecule has 0 aliphatic rings. The number of nitrogens with one attached hydrogen (secondary N) is 1. The molecule has 1 aromatic heterocycles. The highest BCUT2D eigenvalue weighted by molar-refractivity contribution is 7.99. The Kier molecular flexibility index (Phi) is 7.67. The molecule has 146 valence electrons. The summed E-state index contributed by atoms with van der Waals surface area (Å²) in [6, 6.07) is 4.95. The minimum atomic E-state index is -0.527. The summed E-state index contributed by atoms with van der Waals surface area (Å²) in [6.45, 7) is 4.46. The number of aromatic nitrogens is 2. The lowest BCUT2D eigenvalue weighted by molar-refractivity contribution is -0.140. The highest BCUT2D eigenvalue weighted by atomic mass is 35.5. The van der Waals surface area contributed by atoms with Gasteiger partial charge in [0.2, 0.25) is 5.91 Å². The van der Waals surface area contributed by atoms with Gasteiger partial charge >= 0.3 is 5.97 Å². The Bertz CT molecular complexity index is 898. The van der Waals surface area contributed by atoms with Gasteiger partial charge < -0.3 is 10.1 Å². The van der Waals surface area contributed by atoms with E-state index in [1.807, 2.05) is 0 Å². The Morgan fingerprint density at radius 2 is 2.11 bits per heavy atom. The van der Waals surface area contributed by atoms with Crippen LogP contribution < -0.4 is 10.9 Å². The van der Waals surface area contributed by atoms with Crippen molar-refractivity contribution >= 4 is 46.1 Å². The van der Waals surface area contributed by atoms with E-state index in [1.165, 1.54) is 7.11 Å². The number of hydrogen-bond acceptors (Lipinski definition) is 6. The van der Waals surface area contributed by atoms with Crippen molar-refractivity contribution in [2.24, 2.45) is 5.92 Å². The number of amides is 1. The molecule has 9 heteroatoms. The van der Waals surface area contributed by atoms with Gasteiger partial charge in [-0.3, -0.25) is 19.0 Å². The van der Waals surface area contributed by atoms with Crippen molar-refractivity contribution in [3.05, 3.63) is 33.6 Å². The summed E-state index contributed by atoms with van der Waals surface area (Å²) in [5, 5.41) is 3.89. The van der Waals surface area contributed by atoms with Crippen molar-refractivity contribution in [2.45, 2.75) is 32.0 Å². The minimum Gasteiger partial charge on any atom is -0.468 e. The number of nitrogens with zero attached hydrogens (tertiary/aromatic N) is 2. The van der Waals surface area contributed by atoms with Crippen LogP contribution in [0.2, 0.25) is 5.02 Å². The van der Waals surface area contributed by atoms with Gasteiger partial charge in [-0.15, -0.1) is 0 Å². The smallest absolute Gasteiger partial charge is 0.325 e. The molecule has 7 nitrogen and oxygen atoms in total. The lowest BCUT2D eigenvalue weighted by Gasteiger charge is -2.14. The van der Waals surface area contributed by atoms with Gasteiger partial charge in [0.1, 0.15) is 6.54 Å². The first kappa shape index (κ1) is 21.2. The molecule has 0 saturated carbocycles. The second-order valence-electron chi connectivity index (χ2n) is 6.34. The third kappa shape index (κ3) is 5.97. The summed E-state index contributed by atoms with van der Waals surface area (Å²) in [6.07, 6.45) is 0.808. The van der Waals surface area contributed by atoms with Crippen LogP contribution in [0.1, 0.15) is 20.3 Å². The summed E-state index contributed by atoms with van der Waals surface area (Å²) >= 11 is 7.16. The lowest BCUT2D eigenvalue weighted by Crippen LogP contribution is -2.32. The average molecular weight is 412 g/mol. The molecule has 0 saturated heterocycles. The number of esters is 1. The molecule has 0 bridgehead atoms. The van der Waals surface area contributed by atoms with E-state index >= 15 is 0 Å². The SMILES string of the molecule is COC(=O)CNC(=O)CSc1nc2cc(Cl)ccc2c(=O)n1CCC(C)C. The molecule has 0 unspecified atom stereocenters. The van der Waals surface area contributed by atoms with E-state index in [0.29, 0.717) is 33.5 Å². The molecule has 2 aromatic rings. The fourth-order valence-electron chi connectivity index (χ4n) is 2.29. The quantitative estimate of drug-likeness (QED) is 0.407. The van der Waals surface area contributed by atoms with Crippen LogP contribution in [0.25, 0.3) is 10.9 Å². The third-order valence-electron chi connectivity index (χ3n) is 3.80. The van der Waals surface area contributed by atoms with E-state index < -0.39 is 5.97 Å². The number of ether oxygens (including phenoxy) is 1. The first-order valence-electron chi connectivity index (χ1n) is 8.48. The van der Waals surface area contributed by atoms with Crippen molar-refractivity contribution in [2.75, 3.05) is 19.4 Å². The second-order valence-corrected chi connectivity index (χ2v) is 7.72. The summed E-state index contributed by atoms with van der Waals surface area (Å²) in [4.78, 5) is 40.4. The number of halogens is 1. The van der Waals surface area contributed by atoms with Gasteiger partial charge in [-0.25, -0.2) is 4.98 Å². The molecule has 1 aromatic carbocycles. The Labute approximate surface area is 166 Å². The number of carbonyl (C=O) groups excluding carboxylic acids is 2. The predicted molar refractivity (Wildman–Crippen MR) is 106 cm³/mol. The molecular formula is C18H22ClN3O4S. The maximum absolute atomic E-state index is 12.9. The zero-order valence-corrected chi connectivity index (χ0v) is 17.0. The van der Waals surface area contributed by atoms with Gasteiger partial charge in [0.05, 0.1) is 23.8 Å². The number of hydrogen-bond donors (Lipinski definition) is 1. The highest BCUT2D eigenvalue weighted by Crippen LogP contribution is 2.21. The first-order chi connectivity index (χ1) is 12.8. The highest BCUT2D eigenvalue weighted by Gasteiger charge is 2.14. The van der Waals surface area contributed by atoms with Crippen molar-refractivity contribution in [1.29, 1.82) is 0 Å². The summed E-state index contributed by atoms with van der Waals surface area (Å²) in [5.41, 5.74) is 0.334. The van der Waals surface area contributed by atoms with Crippen LogP contribution in [-0.4, -0.2) is 40.8 Å². The number of thioether (sulfide) groups is 1. The van der Waals surface area contributed by atoms with Crippen LogP contribution in [0.4, 0.5) is 0 Å². The third-order valence-corrected chi connectivity index (χ3v) is 5.01. The Morgan fingerprint density at radius 3 is 2.78 bits per heavy atom. The average Bonchev–Trinajstić information content (AvgIpc) is 2.63. The van der Waals surface area contributed by atoms with E-state index in [1.54, 1.807) is 22.8 Å². The monoisotopic (exact) mass is 411 g/mol. The van der Waals surface area contributed by atoms with Crippen molar-refractivity contribution in [3.8, 4) is 0 Å². The number of fused-ring (bicyclic) bond motifs is 1. The first-order valence-corrected chi connectivity index (χ1v) is 9.84. The molecular weight excluding hydrogens is 390 g/mol.